The number of hydrogen-bond acceptors (Lipinski definition) is 5. The standard InChI is InChI=1S/C14H11ClN4O4S/c1-24(22,23)18-12-11(14(20)21)13-16-10(6-7-19(13)17-12)8-2-4-9(15)5-3-8/h2-7H,1H3,(H,17,18)(H,20,21). The van der Waals surface area contributed by atoms with Crippen LogP contribution in [0.2, 0.25) is 5.02 Å². The van der Waals surface area contributed by atoms with E-state index in [1.807, 2.05) is 0 Å². The van der Waals surface area contributed by atoms with Crippen molar-refractivity contribution in [3.63, 3.8) is 0 Å². The van der Waals surface area contributed by atoms with Crippen molar-refractivity contribution in [1.29, 1.82) is 0 Å². The van der Waals surface area contributed by atoms with Gasteiger partial charge in [-0.25, -0.2) is 22.7 Å². The van der Waals surface area contributed by atoms with Crippen LogP contribution in [0.5, 0.6) is 0 Å². The number of hydrogen-bond donors (Lipinski definition) is 2. The number of rotatable bonds is 4. The Hall–Kier alpha value is -2.65. The average molecular weight is 367 g/mol. The molecule has 8 nitrogen and oxygen atoms in total. The minimum Gasteiger partial charge on any atom is -0.477 e. The highest BCUT2D eigenvalue weighted by atomic mass is 35.5. The molecule has 124 valence electrons. The molecule has 0 atom stereocenters. The number of aromatic nitrogens is 3. The van der Waals surface area contributed by atoms with E-state index in [0.717, 1.165) is 11.8 Å². The van der Waals surface area contributed by atoms with Gasteiger partial charge in [-0.15, -0.1) is 5.10 Å². The molecule has 0 aliphatic heterocycles. The van der Waals surface area contributed by atoms with Gasteiger partial charge in [0.25, 0.3) is 0 Å². The van der Waals surface area contributed by atoms with E-state index in [-0.39, 0.29) is 17.0 Å². The first-order chi connectivity index (χ1) is 11.2. The van der Waals surface area contributed by atoms with Gasteiger partial charge in [-0.2, -0.15) is 0 Å². The lowest BCUT2D eigenvalue weighted by atomic mass is 10.1. The van der Waals surface area contributed by atoms with Crippen molar-refractivity contribution in [2.75, 3.05) is 11.0 Å². The Morgan fingerprint density at radius 3 is 2.50 bits per heavy atom. The zero-order valence-corrected chi connectivity index (χ0v) is 13.8. The summed E-state index contributed by atoms with van der Waals surface area (Å²) in [4.78, 5) is 15.8. The van der Waals surface area contributed by atoms with Gasteiger partial charge in [-0.05, 0) is 18.2 Å². The minimum absolute atomic E-state index is 0.0288. The number of nitrogens with one attached hydrogen (secondary N) is 1. The smallest absolute Gasteiger partial charge is 0.343 e. The number of sulfonamides is 1. The van der Waals surface area contributed by atoms with Crippen LogP contribution in [0, 0.1) is 0 Å². The summed E-state index contributed by atoms with van der Waals surface area (Å²) in [7, 11) is -3.68. The number of carboxylic acids is 1. The van der Waals surface area contributed by atoms with E-state index < -0.39 is 16.0 Å². The Labute approximate surface area is 141 Å². The molecule has 3 rings (SSSR count). The molecular weight excluding hydrogens is 356 g/mol. The molecular formula is C14H11ClN4O4S. The van der Waals surface area contributed by atoms with Gasteiger partial charge in [-0.1, -0.05) is 23.7 Å². The molecule has 0 bridgehead atoms. The third-order valence-corrected chi connectivity index (χ3v) is 3.94. The quantitative estimate of drug-likeness (QED) is 0.731. The molecule has 0 unspecified atom stereocenters. The highest BCUT2D eigenvalue weighted by Gasteiger charge is 2.23. The lowest BCUT2D eigenvalue weighted by Crippen LogP contribution is -2.12. The molecule has 0 aliphatic rings. The van der Waals surface area contributed by atoms with Crippen LogP contribution in [0.1, 0.15) is 10.4 Å². The predicted octanol–water partition coefficient (Wildman–Crippen LogP) is 2.12. The van der Waals surface area contributed by atoms with Crippen LogP contribution in [0.4, 0.5) is 5.82 Å². The summed E-state index contributed by atoms with van der Waals surface area (Å²) in [6.07, 6.45) is 2.42. The molecule has 3 aromatic rings. The first-order valence-corrected chi connectivity index (χ1v) is 8.88. The Balaban J connectivity index is 2.19. The fourth-order valence-electron chi connectivity index (χ4n) is 2.15. The molecule has 10 heteroatoms. The maximum absolute atomic E-state index is 11.5. The Morgan fingerprint density at radius 1 is 1.25 bits per heavy atom. The van der Waals surface area contributed by atoms with Crippen LogP contribution < -0.4 is 4.72 Å². The summed E-state index contributed by atoms with van der Waals surface area (Å²) in [5.41, 5.74) is 0.946. The van der Waals surface area contributed by atoms with Crippen molar-refractivity contribution < 1.29 is 18.3 Å². The highest BCUT2D eigenvalue weighted by molar-refractivity contribution is 7.92. The summed E-state index contributed by atoms with van der Waals surface area (Å²) < 4.78 is 26.1. The largest absolute Gasteiger partial charge is 0.477 e. The van der Waals surface area contributed by atoms with E-state index in [1.165, 1.54) is 10.7 Å². The Morgan fingerprint density at radius 2 is 1.92 bits per heavy atom. The van der Waals surface area contributed by atoms with Crippen molar-refractivity contribution in [2.45, 2.75) is 0 Å². The van der Waals surface area contributed by atoms with Crippen molar-refractivity contribution in [3.8, 4) is 11.3 Å². The molecule has 2 aromatic heterocycles. The van der Waals surface area contributed by atoms with E-state index in [4.69, 9.17) is 11.6 Å². The fourth-order valence-corrected chi connectivity index (χ4v) is 2.77. The summed E-state index contributed by atoms with van der Waals surface area (Å²) in [6, 6.07) is 8.50. The van der Waals surface area contributed by atoms with E-state index in [0.29, 0.717) is 10.7 Å². The molecule has 0 spiro atoms. The summed E-state index contributed by atoms with van der Waals surface area (Å²) >= 11 is 5.85. The zero-order valence-electron chi connectivity index (χ0n) is 12.3. The molecule has 0 aliphatic carbocycles. The first kappa shape index (κ1) is 16.2. The number of aromatic carboxylic acids is 1. The van der Waals surface area contributed by atoms with Gasteiger partial charge in [0, 0.05) is 16.8 Å². The second-order valence-corrected chi connectivity index (χ2v) is 7.18. The summed E-state index contributed by atoms with van der Waals surface area (Å²) in [5.74, 6) is -1.62. The Bertz CT molecular complexity index is 1040. The van der Waals surface area contributed by atoms with Gasteiger partial charge in [0.15, 0.2) is 11.5 Å². The van der Waals surface area contributed by atoms with Crippen LogP contribution in [0.25, 0.3) is 16.9 Å². The van der Waals surface area contributed by atoms with E-state index in [2.05, 4.69) is 14.8 Å². The molecule has 24 heavy (non-hydrogen) atoms. The monoisotopic (exact) mass is 366 g/mol. The first-order valence-electron chi connectivity index (χ1n) is 6.61. The van der Waals surface area contributed by atoms with Crippen LogP contribution in [-0.2, 0) is 10.0 Å². The number of nitrogens with zero attached hydrogens (tertiary/aromatic N) is 3. The third-order valence-electron chi connectivity index (χ3n) is 3.12. The number of fused-ring (bicyclic) bond motifs is 1. The van der Waals surface area contributed by atoms with E-state index in [9.17, 15) is 18.3 Å². The molecule has 1 aromatic carbocycles. The van der Waals surface area contributed by atoms with Crippen LogP contribution in [0.3, 0.4) is 0 Å². The SMILES string of the molecule is CS(=O)(=O)Nc1nn2ccc(-c3ccc(Cl)cc3)nc2c1C(=O)O. The van der Waals surface area contributed by atoms with Crippen LogP contribution in [-0.4, -0.2) is 40.3 Å². The van der Waals surface area contributed by atoms with Crippen molar-refractivity contribution >= 4 is 39.1 Å². The Kier molecular flexibility index (Phi) is 3.90. The van der Waals surface area contributed by atoms with Gasteiger partial charge >= 0.3 is 5.97 Å². The van der Waals surface area contributed by atoms with Crippen molar-refractivity contribution in [2.24, 2.45) is 0 Å². The van der Waals surface area contributed by atoms with E-state index >= 15 is 0 Å². The van der Waals surface area contributed by atoms with Gasteiger partial charge in [0.2, 0.25) is 10.0 Å². The van der Waals surface area contributed by atoms with Crippen molar-refractivity contribution in [1.82, 2.24) is 14.6 Å². The maximum Gasteiger partial charge on any atom is 0.343 e. The van der Waals surface area contributed by atoms with Gasteiger partial charge < -0.3 is 5.11 Å². The fraction of sp³-hybridized carbons (Fsp3) is 0.0714. The molecule has 0 amide bonds. The van der Waals surface area contributed by atoms with Crippen molar-refractivity contribution in [3.05, 3.63) is 47.1 Å². The predicted molar refractivity (Wildman–Crippen MR) is 88.9 cm³/mol. The topological polar surface area (TPSA) is 114 Å². The number of anilines is 1. The van der Waals surface area contributed by atoms with Gasteiger partial charge in [-0.3, -0.25) is 4.72 Å². The summed E-state index contributed by atoms with van der Waals surface area (Å²) in [5, 5.41) is 13.9. The van der Waals surface area contributed by atoms with Crippen LogP contribution >= 0.6 is 11.6 Å². The normalized spacial score (nSPS) is 11.6. The van der Waals surface area contributed by atoms with Gasteiger partial charge in [0.1, 0.15) is 5.56 Å². The number of carboxylic acid groups (broad SMARTS) is 1. The lowest BCUT2D eigenvalue weighted by molar-refractivity contribution is 0.0700. The number of benzene rings is 1. The molecule has 0 radical (unpaired) electrons. The minimum atomic E-state index is -3.68. The molecule has 0 saturated heterocycles. The third kappa shape index (κ3) is 3.17. The second-order valence-electron chi connectivity index (χ2n) is 4.99. The summed E-state index contributed by atoms with van der Waals surface area (Å²) in [6.45, 7) is 0. The molecule has 2 heterocycles. The molecule has 0 fully saturated rings. The van der Waals surface area contributed by atoms with Crippen LogP contribution in [0.15, 0.2) is 36.5 Å². The van der Waals surface area contributed by atoms with E-state index in [1.54, 1.807) is 30.3 Å². The number of halogens is 1. The average Bonchev–Trinajstić information content (AvgIpc) is 2.82. The highest BCUT2D eigenvalue weighted by Crippen LogP contribution is 2.24. The molecule has 2 N–H and O–H groups in total. The molecule has 0 saturated carbocycles. The number of carbonyl (C=O) groups is 1. The van der Waals surface area contributed by atoms with Gasteiger partial charge in [0.05, 0.1) is 11.9 Å². The lowest BCUT2D eigenvalue weighted by Gasteiger charge is -2.02. The maximum atomic E-state index is 11.5. The second kappa shape index (κ2) is 5.77. The zero-order chi connectivity index (χ0) is 17.5.